The lowest BCUT2D eigenvalue weighted by atomic mass is 9.96. The lowest BCUT2D eigenvalue weighted by Crippen LogP contribution is -2.34. The molecule has 0 unspecified atom stereocenters. The van der Waals surface area contributed by atoms with Gasteiger partial charge in [-0.05, 0) is 22.4 Å². The summed E-state index contributed by atoms with van der Waals surface area (Å²) in [6.07, 6.45) is -4.61. The highest BCUT2D eigenvalue weighted by Gasteiger charge is 2.53. The number of carbonyl (C=O) groups excluding carboxylic acids is 1. The van der Waals surface area contributed by atoms with Crippen LogP contribution in [0, 0.1) is 11.8 Å². The van der Waals surface area contributed by atoms with Gasteiger partial charge in [-0.2, -0.15) is 24.5 Å². The van der Waals surface area contributed by atoms with Crippen LogP contribution in [0.1, 0.15) is 5.56 Å². The van der Waals surface area contributed by atoms with Gasteiger partial charge in [0.05, 0.1) is 18.3 Å². The molecule has 20 heavy (non-hydrogen) atoms. The number of hydrogen-bond acceptors (Lipinski definition) is 3. The lowest BCUT2D eigenvalue weighted by Gasteiger charge is -2.18. The molecule has 2 rings (SSSR count). The molecule has 1 aliphatic rings. The summed E-state index contributed by atoms with van der Waals surface area (Å²) in [5, 5.41) is 12.4. The Hall–Kier alpha value is -1.57. The molecule has 1 N–H and O–H groups in total. The van der Waals surface area contributed by atoms with Crippen molar-refractivity contribution < 1.29 is 27.9 Å². The van der Waals surface area contributed by atoms with E-state index >= 15 is 0 Å². The number of likely N-dealkylation sites (tertiary alicyclic amines) is 1. The average Bonchev–Trinajstić information content (AvgIpc) is 2.95. The third-order valence-electron chi connectivity index (χ3n) is 3.35. The van der Waals surface area contributed by atoms with Crippen molar-refractivity contribution in [2.75, 3.05) is 13.1 Å². The highest BCUT2D eigenvalue weighted by Crippen LogP contribution is 2.37. The minimum Gasteiger partial charge on any atom is -0.481 e. The van der Waals surface area contributed by atoms with E-state index in [2.05, 4.69) is 0 Å². The predicted molar refractivity (Wildman–Crippen MR) is 65.3 cm³/mol. The SMILES string of the molecule is O=C(O)[C@@H]1CN(C(=O)Cc2ccsc2)C[C@H]1C(F)(F)F. The Kier molecular flexibility index (Phi) is 4.03. The maximum atomic E-state index is 12.8. The zero-order valence-electron chi connectivity index (χ0n) is 10.3. The Balaban J connectivity index is 2.07. The second kappa shape index (κ2) is 5.43. The molecule has 0 radical (unpaired) electrons. The summed E-state index contributed by atoms with van der Waals surface area (Å²) in [7, 11) is 0. The van der Waals surface area contributed by atoms with Gasteiger partial charge in [0.15, 0.2) is 0 Å². The summed E-state index contributed by atoms with van der Waals surface area (Å²) in [6.45, 7) is -0.966. The van der Waals surface area contributed by atoms with Crippen molar-refractivity contribution in [1.29, 1.82) is 0 Å². The van der Waals surface area contributed by atoms with Gasteiger partial charge in [0.2, 0.25) is 5.91 Å². The maximum Gasteiger partial charge on any atom is 0.394 e. The molecule has 1 aromatic rings. The van der Waals surface area contributed by atoms with Crippen LogP contribution in [0.2, 0.25) is 0 Å². The van der Waals surface area contributed by atoms with Crippen LogP contribution in [-0.4, -0.2) is 41.1 Å². The van der Waals surface area contributed by atoms with Crippen molar-refractivity contribution in [2.45, 2.75) is 12.6 Å². The number of aliphatic carboxylic acids is 1. The summed E-state index contributed by atoms with van der Waals surface area (Å²) < 4.78 is 38.4. The molecule has 0 saturated carbocycles. The Labute approximate surface area is 116 Å². The minimum atomic E-state index is -4.61. The molecular formula is C12H12F3NO3S. The van der Waals surface area contributed by atoms with E-state index in [1.165, 1.54) is 11.3 Å². The van der Waals surface area contributed by atoms with E-state index in [9.17, 15) is 22.8 Å². The molecule has 1 aliphatic heterocycles. The van der Waals surface area contributed by atoms with Crippen molar-refractivity contribution >= 4 is 23.2 Å². The van der Waals surface area contributed by atoms with Crippen LogP contribution < -0.4 is 0 Å². The number of amides is 1. The first-order valence-electron chi connectivity index (χ1n) is 5.87. The van der Waals surface area contributed by atoms with E-state index in [0.29, 0.717) is 0 Å². The predicted octanol–water partition coefficient (Wildman–Crippen LogP) is 2.01. The third kappa shape index (κ3) is 3.12. The summed E-state index contributed by atoms with van der Waals surface area (Å²) in [5.74, 6) is -5.56. The number of nitrogens with zero attached hydrogens (tertiary/aromatic N) is 1. The first kappa shape index (κ1) is 14.8. The molecule has 0 bridgehead atoms. The largest absolute Gasteiger partial charge is 0.481 e. The third-order valence-corrected chi connectivity index (χ3v) is 4.08. The molecular weight excluding hydrogens is 295 g/mol. The summed E-state index contributed by atoms with van der Waals surface area (Å²) in [4.78, 5) is 23.8. The highest BCUT2D eigenvalue weighted by atomic mass is 32.1. The standard InChI is InChI=1S/C12H12F3NO3S/c13-12(14,15)9-5-16(4-8(9)11(18)19)10(17)3-7-1-2-20-6-7/h1-2,6,8-9H,3-5H2,(H,18,19)/t8-,9-/m1/s1. The first-order chi connectivity index (χ1) is 9.29. The van der Waals surface area contributed by atoms with E-state index in [1.807, 2.05) is 0 Å². The molecule has 4 nitrogen and oxygen atoms in total. The van der Waals surface area contributed by atoms with Gasteiger partial charge in [-0.3, -0.25) is 9.59 Å². The second-order valence-electron chi connectivity index (χ2n) is 4.70. The van der Waals surface area contributed by atoms with Crippen LogP contribution in [0.25, 0.3) is 0 Å². The fourth-order valence-electron chi connectivity index (χ4n) is 2.27. The van der Waals surface area contributed by atoms with Crippen LogP contribution in [0.4, 0.5) is 13.2 Å². The van der Waals surface area contributed by atoms with Gasteiger partial charge < -0.3 is 10.0 Å². The van der Waals surface area contributed by atoms with Crippen molar-refractivity contribution in [2.24, 2.45) is 11.8 Å². The normalized spacial score (nSPS) is 23.1. The van der Waals surface area contributed by atoms with Crippen molar-refractivity contribution in [3.63, 3.8) is 0 Å². The number of carboxylic acids is 1. The number of hydrogen-bond donors (Lipinski definition) is 1. The molecule has 2 heterocycles. The second-order valence-corrected chi connectivity index (χ2v) is 5.48. The number of thiophene rings is 1. The molecule has 8 heteroatoms. The summed E-state index contributed by atoms with van der Waals surface area (Å²) in [5.41, 5.74) is 0.724. The van der Waals surface area contributed by atoms with Gasteiger partial charge in [-0.1, -0.05) is 0 Å². The Morgan fingerprint density at radius 1 is 1.40 bits per heavy atom. The van der Waals surface area contributed by atoms with Crippen LogP contribution in [0.15, 0.2) is 16.8 Å². The monoisotopic (exact) mass is 307 g/mol. The van der Waals surface area contributed by atoms with Crippen LogP contribution >= 0.6 is 11.3 Å². The van der Waals surface area contributed by atoms with Crippen LogP contribution in [0.5, 0.6) is 0 Å². The van der Waals surface area contributed by atoms with E-state index in [1.54, 1.807) is 16.8 Å². The quantitative estimate of drug-likeness (QED) is 0.929. The molecule has 0 aliphatic carbocycles. The van der Waals surface area contributed by atoms with Gasteiger partial charge in [0.1, 0.15) is 0 Å². The van der Waals surface area contributed by atoms with Gasteiger partial charge in [-0.15, -0.1) is 0 Å². The summed E-state index contributed by atoms with van der Waals surface area (Å²) >= 11 is 1.39. The minimum absolute atomic E-state index is 0.000413. The maximum absolute atomic E-state index is 12.8. The molecule has 1 fully saturated rings. The zero-order valence-corrected chi connectivity index (χ0v) is 11.1. The Morgan fingerprint density at radius 2 is 2.10 bits per heavy atom. The lowest BCUT2D eigenvalue weighted by molar-refractivity contribution is -0.188. The van der Waals surface area contributed by atoms with Crippen LogP contribution in [-0.2, 0) is 16.0 Å². The number of halogens is 3. The smallest absolute Gasteiger partial charge is 0.394 e. The fourth-order valence-corrected chi connectivity index (χ4v) is 2.94. The molecule has 0 aromatic carbocycles. The van der Waals surface area contributed by atoms with E-state index in [0.717, 1.165) is 10.5 Å². The zero-order chi connectivity index (χ0) is 14.9. The van der Waals surface area contributed by atoms with Gasteiger partial charge in [0.25, 0.3) is 0 Å². The summed E-state index contributed by atoms with van der Waals surface area (Å²) in [6, 6.07) is 1.72. The van der Waals surface area contributed by atoms with E-state index < -0.39 is 36.4 Å². The van der Waals surface area contributed by atoms with E-state index in [-0.39, 0.29) is 13.0 Å². The number of alkyl halides is 3. The molecule has 1 saturated heterocycles. The van der Waals surface area contributed by atoms with Crippen molar-refractivity contribution in [3.05, 3.63) is 22.4 Å². The van der Waals surface area contributed by atoms with Crippen LogP contribution in [0.3, 0.4) is 0 Å². The van der Waals surface area contributed by atoms with Gasteiger partial charge in [-0.25, -0.2) is 0 Å². The highest BCUT2D eigenvalue weighted by molar-refractivity contribution is 7.07. The molecule has 1 aromatic heterocycles. The number of carbonyl (C=O) groups is 2. The molecule has 2 atom stereocenters. The van der Waals surface area contributed by atoms with Gasteiger partial charge in [0, 0.05) is 13.1 Å². The first-order valence-corrected chi connectivity index (χ1v) is 6.81. The molecule has 0 spiro atoms. The fraction of sp³-hybridized carbons (Fsp3) is 0.500. The molecule has 110 valence electrons. The van der Waals surface area contributed by atoms with Crippen molar-refractivity contribution in [3.8, 4) is 0 Å². The molecule has 1 amide bonds. The topological polar surface area (TPSA) is 57.6 Å². The van der Waals surface area contributed by atoms with Gasteiger partial charge >= 0.3 is 12.1 Å². The van der Waals surface area contributed by atoms with E-state index in [4.69, 9.17) is 5.11 Å². The Morgan fingerprint density at radius 3 is 2.55 bits per heavy atom. The number of rotatable bonds is 3. The Bertz CT molecular complexity index is 501. The van der Waals surface area contributed by atoms with Crippen molar-refractivity contribution in [1.82, 2.24) is 4.90 Å². The number of carboxylic acid groups (broad SMARTS) is 1. The average molecular weight is 307 g/mol.